The lowest BCUT2D eigenvalue weighted by Crippen LogP contribution is -2.45. The van der Waals surface area contributed by atoms with E-state index in [2.05, 4.69) is 0 Å². The molecule has 0 N–H and O–H groups in total. The Bertz CT molecular complexity index is 456. The summed E-state index contributed by atoms with van der Waals surface area (Å²) in [5, 5.41) is -0.589. The number of nitrogens with zero attached hydrogens (tertiary/aromatic N) is 1. The van der Waals surface area contributed by atoms with Crippen LogP contribution in [0.3, 0.4) is 0 Å². The normalized spacial score (nSPS) is 27.2. The summed E-state index contributed by atoms with van der Waals surface area (Å²) in [4.78, 5) is 11.8. The van der Waals surface area contributed by atoms with Crippen molar-refractivity contribution in [3.05, 3.63) is 0 Å². The molecule has 0 saturated heterocycles. The van der Waals surface area contributed by atoms with Crippen LogP contribution >= 0.6 is 0 Å². The lowest BCUT2D eigenvalue weighted by molar-refractivity contribution is -0.145. The lowest BCUT2D eigenvalue weighted by atomic mass is 10.1. The Labute approximate surface area is 121 Å². The van der Waals surface area contributed by atoms with E-state index in [-0.39, 0.29) is 12.0 Å². The molecule has 2 aliphatic carbocycles. The molecule has 0 radical (unpaired) electrons. The van der Waals surface area contributed by atoms with Crippen LogP contribution in [0.1, 0.15) is 46.0 Å². The summed E-state index contributed by atoms with van der Waals surface area (Å²) in [5.74, 6) is -0.571. The van der Waals surface area contributed by atoms with Crippen LogP contribution in [0.25, 0.3) is 0 Å². The van der Waals surface area contributed by atoms with Crippen LogP contribution in [0, 0.1) is 11.8 Å². The molecule has 0 aromatic carbocycles. The average molecular weight is 303 g/mol. The molecule has 2 saturated carbocycles. The molecule has 0 amide bonds. The Kier molecular flexibility index (Phi) is 4.74. The average Bonchev–Trinajstić information content (AvgIpc) is 3.09. The third kappa shape index (κ3) is 3.17. The van der Waals surface area contributed by atoms with Crippen molar-refractivity contribution in [2.24, 2.45) is 11.8 Å². The van der Waals surface area contributed by atoms with Crippen molar-refractivity contribution in [1.82, 2.24) is 4.31 Å². The zero-order valence-electron chi connectivity index (χ0n) is 12.5. The fourth-order valence-corrected chi connectivity index (χ4v) is 5.67. The fourth-order valence-electron chi connectivity index (χ4n) is 3.06. The molecule has 0 spiro atoms. The first-order chi connectivity index (χ1) is 9.37. The van der Waals surface area contributed by atoms with E-state index >= 15 is 0 Å². The molecule has 0 aromatic rings. The highest BCUT2D eigenvalue weighted by atomic mass is 32.2. The SMILES string of the molecule is COC(=O)C1CCCC1S(=O)(=O)N(CC(C)C)C1CC1. The highest BCUT2D eigenvalue weighted by Crippen LogP contribution is 2.38. The van der Waals surface area contributed by atoms with Crippen LogP contribution < -0.4 is 0 Å². The van der Waals surface area contributed by atoms with E-state index in [4.69, 9.17) is 4.74 Å². The number of hydrogen-bond acceptors (Lipinski definition) is 4. The van der Waals surface area contributed by atoms with Crippen molar-refractivity contribution in [1.29, 1.82) is 0 Å². The first kappa shape index (κ1) is 15.8. The Hall–Kier alpha value is -0.620. The molecule has 2 atom stereocenters. The molecule has 0 bridgehead atoms. The molecule has 116 valence electrons. The topological polar surface area (TPSA) is 63.7 Å². The Morgan fingerprint density at radius 2 is 1.90 bits per heavy atom. The van der Waals surface area contributed by atoms with Crippen LogP contribution in [0.5, 0.6) is 0 Å². The summed E-state index contributed by atoms with van der Waals surface area (Å²) in [6.45, 7) is 4.60. The second-order valence-corrected chi connectivity index (χ2v) is 8.44. The van der Waals surface area contributed by atoms with Gasteiger partial charge in [-0.3, -0.25) is 4.79 Å². The van der Waals surface area contributed by atoms with E-state index < -0.39 is 21.2 Å². The van der Waals surface area contributed by atoms with Gasteiger partial charge >= 0.3 is 5.97 Å². The predicted molar refractivity (Wildman–Crippen MR) is 76.6 cm³/mol. The van der Waals surface area contributed by atoms with E-state index in [1.807, 2.05) is 13.8 Å². The van der Waals surface area contributed by atoms with E-state index in [1.54, 1.807) is 4.31 Å². The van der Waals surface area contributed by atoms with Gasteiger partial charge in [-0.2, -0.15) is 4.31 Å². The van der Waals surface area contributed by atoms with Crippen LogP contribution in [0.15, 0.2) is 0 Å². The zero-order chi connectivity index (χ0) is 14.9. The monoisotopic (exact) mass is 303 g/mol. The molecule has 0 heterocycles. The highest BCUT2D eigenvalue weighted by molar-refractivity contribution is 7.89. The number of rotatable bonds is 6. The predicted octanol–water partition coefficient (Wildman–Crippen LogP) is 1.78. The van der Waals surface area contributed by atoms with Gasteiger partial charge in [0.05, 0.1) is 18.3 Å². The van der Waals surface area contributed by atoms with Crippen molar-refractivity contribution >= 4 is 16.0 Å². The van der Waals surface area contributed by atoms with Crippen molar-refractivity contribution in [2.75, 3.05) is 13.7 Å². The minimum absolute atomic E-state index is 0.154. The van der Waals surface area contributed by atoms with Gasteiger partial charge in [-0.1, -0.05) is 20.3 Å². The lowest BCUT2D eigenvalue weighted by Gasteiger charge is -2.29. The first-order valence-corrected chi connectivity index (χ1v) is 8.96. The smallest absolute Gasteiger partial charge is 0.310 e. The van der Waals surface area contributed by atoms with Crippen LogP contribution in [0.4, 0.5) is 0 Å². The number of carbonyl (C=O) groups excluding carboxylic acids is 1. The second-order valence-electron chi connectivity index (χ2n) is 6.34. The van der Waals surface area contributed by atoms with Gasteiger partial charge in [-0.25, -0.2) is 8.42 Å². The van der Waals surface area contributed by atoms with Gasteiger partial charge < -0.3 is 4.74 Å². The molecular weight excluding hydrogens is 278 g/mol. The summed E-state index contributed by atoms with van der Waals surface area (Å²) in [5.41, 5.74) is 0. The fraction of sp³-hybridized carbons (Fsp3) is 0.929. The summed E-state index contributed by atoms with van der Waals surface area (Å²) in [6.07, 6.45) is 3.87. The minimum atomic E-state index is -3.40. The van der Waals surface area contributed by atoms with E-state index in [0.29, 0.717) is 25.3 Å². The zero-order valence-corrected chi connectivity index (χ0v) is 13.4. The molecule has 2 rings (SSSR count). The summed E-state index contributed by atoms with van der Waals surface area (Å²) >= 11 is 0. The van der Waals surface area contributed by atoms with Gasteiger partial charge in [-0.15, -0.1) is 0 Å². The maximum absolute atomic E-state index is 12.9. The van der Waals surface area contributed by atoms with E-state index in [0.717, 1.165) is 19.3 Å². The molecule has 2 aliphatic rings. The molecule has 20 heavy (non-hydrogen) atoms. The van der Waals surface area contributed by atoms with Crippen molar-refractivity contribution in [3.63, 3.8) is 0 Å². The third-order valence-corrected chi connectivity index (χ3v) is 6.60. The number of carbonyl (C=O) groups is 1. The Morgan fingerprint density at radius 3 is 2.40 bits per heavy atom. The van der Waals surface area contributed by atoms with Gasteiger partial charge in [0, 0.05) is 12.6 Å². The summed E-state index contributed by atoms with van der Waals surface area (Å²) in [7, 11) is -2.07. The number of ether oxygens (including phenoxy) is 1. The van der Waals surface area contributed by atoms with Gasteiger partial charge in [0.15, 0.2) is 0 Å². The quantitative estimate of drug-likeness (QED) is 0.702. The van der Waals surface area contributed by atoms with Gasteiger partial charge in [-0.05, 0) is 31.6 Å². The molecule has 2 fully saturated rings. The molecule has 6 heteroatoms. The first-order valence-electron chi connectivity index (χ1n) is 7.46. The van der Waals surface area contributed by atoms with E-state index in [9.17, 15) is 13.2 Å². The molecule has 2 unspecified atom stereocenters. The molecule has 0 aromatic heterocycles. The van der Waals surface area contributed by atoms with Crippen LogP contribution in [0.2, 0.25) is 0 Å². The largest absolute Gasteiger partial charge is 0.469 e. The maximum atomic E-state index is 12.9. The highest BCUT2D eigenvalue weighted by Gasteiger charge is 2.48. The van der Waals surface area contributed by atoms with Gasteiger partial charge in [0.25, 0.3) is 0 Å². The van der Waals surface area contributed by atoms with Crippen LogP contribution in [-0.2, 0) is 19.6 Å². The number of sulfonamides is 1. The Morgan fingerprint density at radius 1 is 1.25 bits per heavy atom. The number of hydrogen-bond donors (Lipinski definition) is 0. The van der Waals surface area contributed by atoms with Crippen molar-refractivity contribution in [2.45, 2.75) is 57.2 Å². The van der Waals surface area contributed by atoms with E-state index in [1.165, 1.54) is 7.11 Å². The molecular formula is C14H25NO4S. The third-order valence-electron chi connectivity index (χ3n) is 4.17. The van der Waals surface area contributed by atoms with Crippen molar-refractivity contribution in [3.8, 4) is 0 Å². The van der Waals surface area contributed by atoms with Gasteiger partial charge in [0.2, 0.25) is 10.0 Å². The standard InChI is InChI=1S/C14H25NO4S/c1-10(2)9-15(11-7-8-11)20(17,18)13-6-4-5-12(13)14(16)19-3/h10-13H,4-9H2,1-3H3. The maximum Gasteiger partial charge on any atom is 0.310 e. The second kappa shape index (κ2) is 6.02. The van der Waals surface area contributed by atoms with Gasteiger partial charge in [0.1, 0.15) is 0 Å². The number of methoxy groups -OCH3 is 1. The van der Waals surface area contributed by atoms with Crippen molar-refractivity contribution < 1.29 is 17.9 Å². The summed E-state index contributed by atoms with van der Waals surface area (Å²) < 4.78 is 32.2. The van der Waals surface area contributed by atoms with Crippen LogP contribution in [-0.4, -0.2) is 43.6 Å². The number of esters is 1. The Balaban J connectivity index is 2.20. The minimum Gasteiger partial charge on any atom is -0.469 e. The summed E-state index contributed by atoms with van der Waals surface area (Å²) in [6, 6.07) is 0.154. The molecule has 5 nitrogen and oxygen atoms in total. The molecule has 0 aliphatic heterocycles.